The van der Waals surface area contributed by atoms with Crippen molar-refractivity contribution >= 4 is 40.0 Å². The predicted octanol–water partition coefficient (Wildman–Crippen LogP) is 3.59. The molecule has 0 spiro atoms. The van der Waals surface area contributed by atoms with Crippen LogP contribution in [0.25, 0.3) is 5.69 Å². The van der Waals surface area contributed by atoms with E-state index in [1.54, 1.807) is 4.68 Å². The van der Waals surface area contributed by atoms with Crippen molar-refractivity contribution in [2.75, 3.05) is 42.3 Å². The lowest BCUT2D eigenvalue weighted by molar-refractivity contribution is -0.113. The van der Waals surface area contributed by atoms with Gasteiger partial charge in [-0.1, -0.05) is 62.1 Å². The van der Waals surface area contributed by atoms with Gasteiger partial charge in [0, 0.05) is 24.6 Å². The number of hydrogen-bond acceptors (Lipinski definition) is 8. The van der Waals surface area contributed by atoms with Crippen LogP contribution in [0.2, 0.25) is 0 Å². The highest BCUT2D eigenvalue weighted by atomic mass is 32.2. The number of carbonyl (C=O) groups is 1. The van der Waals surface area contributed by atoms with Gasteiger partial charge in [0.05, 0.1) is 30.3 Å². The summed E-state index contributed by atoms with van der Waals surface area (Å²) in [5, 5.41) is 17.1. The molecule has 0 bridgehead atoms. The lowest BCUT2D eigenvalue weighted by Crippen LogP contribution is -2.36. The molecule has 8 nitrogen and oxygen atoms in total. The molecule has 0 radical (unpaired) electrons. The van der Waals surface area contributed by atoms with Crippen LogP contribution in [0.15, 0.2) is 40.7 Å². The van der Waals surface area contributed by atoms with Gasteiger partial charge in [-0.05, 0) is 12.1 Å². The Kier molecular flexibility index (Phi) is 6.59. The van der Waals surface area contributed by atoms with E-state index in [1.165, 1.54) is 23.1 Å². The summed E-state index contributed by atoms with van der Waals surface area (Å²) in [6, 6.07) is 11.8. The van der Waals surface area contributed by atoms with Gasteiger partial charge < -0.3 is 15.0 Å². The molecule has 0 aliphatic carbocycles. The average Bonchev–Trinajstić information content (AvgIpc) is 3.41. The minimum atomic E-state index is -0.128. The Labute approximate surface area is 190 Å². The van der Waals surface area contributed by atoms with Crippen molar-refractivity contribution in [3.8, 4) is 5.69 Å². The van der Waals surface area contributed by atoms with Crippen LogP contribution < -0.4 is 10.2 Å². The van der Waals surface area contributed by atoms with Crippen molar-refractivity contribution in [2.24, 2.45) is 0 Å². The third-order valence-corrected chi connectivity index (χ3v) is 6.87. The number of anilines is 2. The van der Waals surface area contributed by atoms with Crippen LogP contribution in [0.4, 0.5) is 10.9 Å². The van der Waals surface area contributed by atoms with Crippen LogP contribution in [-0.2, 0) is 14.9 Å². The molecular weight excluding hydrogens is 432 g/mol. The van der Waals surface area contributed by atoms with Gasteiger partial charge in [0.2, 0.25) is 11.0 Å². The molecule has 0 unspecified atom stereocenters. The molecule has 1 saturated heterocycles. The van der Waals surface area contributed by atoms with Gasteiger partial charge in [-0.25, -0.2) is 4.68 Å². The second kappa shape index (κ2) is 9.37. The van der Waals surface area contributed by atoms with Crippen molar-refractivity contribution in [3.63, 3.8) is 0 Å². The van der Waals surface area contributed by atoms with Crippen LogP contribution in [0.3, 0.4) is 0 Å². The number of carbonyl (C=O) groups excluding carboxylic acids is 1. The molecule has 3 aromatic rings. The predicted molar refractivity (Wildman–Crippen MR) is 125 cm³/mol. The molecule has 1 fully saturated rings. The Hall–Kier alpha value is -2.43. The van der Waals surface area contributed by atoms with E-state index in [0.717, 1.165) is 33.9 Å². The molecule has 31 heavy (non-hydrogen) atoms. The number of nitrogens with zero attached hydrogens (tertiary/aromatic N) is 5. The zero-order valence-corrected chi connectivity index (χ0v) is 19.5. The van der Waals surface area contributed by atoms with Gasteiger partial charge in [0.1, 0.15) is 5.82 Å². The van der Waals surface area contributed by atoms with Gasteiger partial charge in [0.15, 0.2) is 4.34 Å². The van der Waals surface area contributed by atoms with Crippen LogP contribution in [0, 0.1) is 0 Å². The average molecular weight is 459 g/mol. The fourth-order valence-corrected chi connectivity index (χ4v) is 4.74. The second-order valence-electron chi connectivity index (χ2n) is 8.20. The van der Waals surface area contributed by atoms with Crippen molar-refractivity contribution in [1.29, 1.82) is 0 Å². The lowest BCUT2D eigenvalue weighted by atomic mass is 9.92. The normalized spacial score (nSPS) is 14.6. The molecule has 1 aromatic carbocycles. The number of morpholine rings is 1. The molecule has 1 amide bonds. The van der Waals surface area contributed by atoms with E-state index in [2.05, 4.69) is 41.2 Å². The molecule has 4 rings (SSSR count). The number of nitrogens with one attached hydrogen (secondary N) is 1. The number of hydrogen-bond donors (Lipinski definition) is 1. The fourth-order valence-electron chi connectivity index (χ4n) is 3.05. The van der Waals surface area contributed by atoms with Crippen LogP contribution >= 0.6 is 23.1 Å². The molecule has 0 atom stereocenters. The Morgan fingerprint density at radius 2 is 1.94 bits per heavy atom. The first-order valence-electron chi connectivity index (χ1n) is 10.1. The molecule has 2 aromatic heterocycles. The number of amides is 1. The number of rotatable bonds is 6. The molecule has 164 valence electrons. The highest BCUT2D eigenvalue weighted by molar-refractivity contribution is 8.01. The second-order valence-corrected chi connectivity index (χ2v) is 10.4. The highest BCUT2D eigenvalue weighted by Gasteiger charge is 2.22. The fraction of sp³-hybridized carbons (Fsp3) is 0.429. The van der Waals surface area contributed by atoms with E-state index in [4.69, 9.17) is 9.84 Å². The highest BCUT2D eigenvalue weighted by Crippen LogP contribution is 2.29. The molecule has 3 heterocycles. The zero-order chi connectivity index (χ0) is 21.8. The van der Waals surface area contributed by atoms with E-state index in [1.807, 2.05) is 36.4 Å². The molecule has 1 aliphatic rings. The van der Waals surface area contributed by atoms with Crippen molar-refractivity contribution in [2.45, 2.75) is 30.5 Å². The summed E-state index contributed by atoms with van der Waals surface area (Å²) >= 11 is 2.90. The maximum Gasteiger partial charge on any atom is 0.235 e. The largest absolute Gasteiger partial charge is 0.378 e. The van der Waals surface area contributed by atoms with Crippen LogP contribution in [-0.4, -0.2) is 57.9 Å². The van der Waals surface area contributed by atoms with Crippen molar-refractivity contribution in [3.05, 3.63) is 42.1 Å². The number of para-hydroxylation sites is 1. The van der Waals surface area contributed by atoms with E-state index in [0.29, 0.717) is 19.0 Å². The Morgan fingerprint density at radius 3 is 2.65 bits per heavy atom. The van der Waals surface area contributed by atoms with E-state index in [-0.39, 0.29) is 17.1 Å². The number of aromatic nitrogens is 4. The first-order chi connectivity index (χ1) is 14.9. The van der Waals surface area contributed by atoms with Gasteiger partial charge in [0.25, 0.3) is 0 Å². The third-order valence-electron chi connectivity index (χ3n) is 4.75. The quantitative estimate of drug-likeness (QED) is 0.565. The first-order valence-corrected chi connectivity index (χ1v) is 12.0. The molecule has 10 heteroatoms. The van der Waals surface area contributed by atoms with Gasteiger partial charge in [-0.2, -0.15) is 5.10 Å². The number of thioether (sulfide) groups is 1. The summed E-state index contributed by atoms with van der Waals surface area (Å²) < 4.78 is 7.94. The van der Waals surface area contributed by atoms with E-state index in [9.17, 15) is 4.79 Å². The Bertz CT molecular complexity index is 1020. The Morgan fingerprint density at radius 1 is 1.19 bits per heavy atom. The maximum atomic E-state index is 12.7. The van der Waals surface area contributed by atoms with Gasteiger partial charge >= 0.3 is 0 Å². The molecule has 1 N–H and O–H groups in total. The Balaban J connectivity index is 1.42. The summed E-state index contributed by atoms with van der Waals surface area (Å²) in [5.41, 5.74) is 1.69. The molecule has 0 saturated carbocycles. The summed E-state index contributed by atoms with van der Waals surface area (Å²) in [4.78, 5) is 14.9. The molecule has 1 aliphatic heterocycles. The standard InChI is InChI=1S/C21H26N6O2S2/c1-21(2,3)16-13-17(27(25-16)15-7-5-4-6-8-15)22-18(28)14-30-20-24-23-19(31-20)26-9-11-29-12-10-26/h4-8,13H,9-12,14H2,1-3H3,(H,22,28). The van der Waals surface area contributed by atoms with E-state index >= 15 is 0 Å². The minimum Gasteiger partial charge on any atom is -0.378 e. The topological polar surface area (TPSA) is 85.2 Å². The van der Waals surface area contributed by atoms with Crippen LogP contribution in [0.1, 0.15) is 26.5 Å². The van der Waals surface area contributed by atoms with E-state index < -0.39 is 0 Å². The summed E-state index contributed by atoms with van der Waals surface area (Å²) in [6.45, 7) is 9.36. The minimum absolute atomic E-state index is 0.106. The monoisotopic (exact) mass is 458 g/mol. The lowest BCUT2D eigenvalue weighted by Gasteiger charge is -2.25. The number of ether oxygens (including phenoxy) is 1. The van der Waals surface area contributed by atoms with Crippen molar-refractivity contribution in [1.82, 2.24) is 20.0 Å². The van der Waals surface area contributed by atoms with Gasteiger partial charge in [-0.15, -0.1) is 10.2 Å². The summed E-state index contributed by atoms with van der Waals surface area (Å²) in [7, 11) is 0. The zero-order valence-electron chi connectivity index (χ0n) is 17.9. The third kappa shape index (κ3) is 5.44. The van der Waals surface area contributed by atoms with Gasteiger partial charge in [-0.3, -0.25) is 4.79 Å². The summed E-state index contributed by atoms with van der Waals surface area (Å²) in [6.07, 6.45) is 0. The maximum absolute atomic E-state index is 12.7. The molecular formula is C21H26N6O2S2. The smallest absolute Gasteiger partial charge is 0.235 e. The number of benzene rings is 1. The first kappa shape index (κ1) is 21.8. The van der Waals surface area contributed by atoms with Crippen molar-refractivity contribution < 1.29 is 9.53 Å². The SMILES string of the molecule is CC(C)(C)c1cc(NC(=O)CSc2nnc(N3CCOCC3)s2)n(-c2ccccc2)n1. The van der Waals surface area contributed by atoms with Crippen LogP contribution in [0.5, 0.6) is 0 Å². The summed E-state index contributed by atoms with van der Waals surface area (Å²) in [5.74, 6) is 0.807.